The topological polar surface area (TPSA) is 92.4 Å². The van der Waals surface area contributed by atoms with E-state index in [-0.39, 0.29) is 30.2 Å². The number of aryl methyl sites for hydroxylation is 1. The van der Waals surface area contributed by atoms with E-state index in [9.17, 15) is 14.6 Å². The van der Waals surface area contributed by atoms with Crippen molar-refractivity contribution in [3.63, 3.8) is 0 Å². The van der Waals surface area contributed by atoms with Crippen LogP contribution in [0.2, 0.25) is 0 Å². The Bertz CT molecular complexity index is 1110. The number of benzene rings is 1. The molecule has 3 heterocycles. The Kier molecular flexibility index (Phi) is 5.91. The number of rotatable bonds is 3. The molecule has 1 aliphatic heterocycles. The number of fused-ring (bicyclic) bond motifs is 2. The van der Waals surface area contributed by atoms with Gasteiger partial charge in [-0.15, -0.1) is 12.4 Å². The molecule has 7 nitrogen and oxygen atoms in total. The van der Waals surface area contributed by atoms with Gasteiger partial charge in [0, 0.05) is 42.2 Å². The Morgan fingerprint density at radius 2 is 2.00 bits per heavy atom. The number of halogens is 2. The fourth-order valence-electron chi connectivity index (χ4n) is 4.85. The van der Waals surface area contributed by atoms with E-state index in [2.05, 4.69) is 15.3 Å². The summed E-state index contributed by atoms with van der Waals surface area (Å²) in [5.74, 6) is 0.362. The van der Waals surface area contributed by atoms with E-state index in [0.717, 1.165) is 22.3 Å². The molecule has 2 aromatic heterocycles. The molecule has 1 aromatic carbocycles. The SMILES string of the molecule is Cc1ncnc2c1ccn2[C@@H]1C[C@H](Oc2ccc(F)c3c2CNCC3C)[C@@H](O)[C@H]1O.Cl. The third-order valence-corrected chi connectivity index (χ3v) is 6.45. The fraction of sp³-hybridized carbons (Fsp3) is 0.455. The average molecular weight is 449 g/mol. The first-order valence-corrected chi connectivity index (χ1v) is 10.3. The molecule has 5 atom stereocenters. The van der Waals surface area contributed by atoms with Crippen LogP contribution in [0.4, 0.5) is 4.39 Å². The lowest BCUT2D eigenvalue weighted by Gasteiger charge is -2.28. The minimum Gasteiger partial charge on any atom is -0.487 e. The molecule has 0 radical (unpaired) electrons. The summed E-state index contributed by atoms with van der Waals surface area (Å²) in [4.78, 5) is 8.57. The molecule has 0 saturated heterocycles. The van der Waals surface area contributed by atoms with Crippen molar-refractivity contribution in [1.82, 2.24) is 19.9 Å². The number of aliphatic hydroxyl groups excluding tert-OH is 2. The molecule has 0 spiro atoms. The van der Waals surface area contributed by atoms with Crippen molar-refractivity contribution in [3.8, 4) is 5.75 Å². The summed E-state index contributed by atoms with van der Waals surface area (Å²) in [6.07, 6.45) is 1.08. The van der Waals surface area contributed by atoms with Gasteiger partial charge >= 0.3 is 0 Å². The van der Waals surface area contributed by atoms with Crippen LogP contribution in [-0.2, 0) is 6.54 Å². The van der Waals surface area contributed by atoms with Gasteiger partial charge < -0.3 is 24.8 Å². The minimum absolute atomic E-state index is 0. The second-order valence-electron chi connectivity index (χ2n) is 8.33. The zero-order valence-corrected chi connectivity index (χ0v) is 18.1. The van der Waals surface area contributed by atoms with Gasteiger partial charge in [0.2, 0.25) is 0 Å². The lowest BCUT2D eigenvalue weighted by Crippen LogP contribution is -2.35. The summed E-state index contributed by atoms with van der Waals surface area (Å²) in [6, 6.07) is 4.57. The number of aromatic nitrogens is 3. The Morgan fingerprint density at radius 1 is 1.19 bits per heavy atom. The monoisotopic (exact) mass is 448 g/mol. The molecular weight excluding hydrogens is 423 g/mol. The standard InChI is InChI=1S/C22H25FN4O3.ClH/c1-11-8-24-9-14-17(4-3-15(23)19(11)14)30-18-7-16(20(28)21(18)29)27-6-5-13-12(2)25-10-26-22(13)27;/h3-6,10-11,16,18,20-21,24,28-29H,7-9H2,1-2H3;1H/t11?,16-,18+,20+,21-;/m1./s1. The number of nitrogens with zero attached hydrogens (tertiary/aromatic N) is 3. The van der Waals surface area contributed by atoms with Crippen LogP contribution in [0, 0.1) is 12.7 Å². The molecule has 2 aliphatic rings. The molecule has 5 rings (SSSR count). The number of hydrogen-bond donors (Lipinski definition) is 3. The van der Waals surface area contributed by atoms with Gasteiger partial charge in [-0.25, -0.2) is 14.4 Å². The number of nitrogens with one attached hydrogen (secondary N) is 1. The highest BCUT2D eigenvalue weighted by Crippen LogP contribution is 2.39. The fourth-order valence-corrected chi connectivity index (χ4v) is 4.85. The lowest BCUT2D eigenvalue weighted by molar-refractivity contribution is -0.0166. The maximum Gasteiger partial charge on any atom is 0.143 e. The van der Waals surface area contributed by atoms with E-state index in [0.29, 0.717) is 30.8 Å². The normalized spacial score (nSPS) is 27.7. The van der Waals surface area contributed by atoms with Crippen molar-refractivity contribution in [2.45, 2.75) is 57.1 Å². The van der Waals surface area contributed by atoms with Crippen LogP contribution in [0.1, 0.15) is 42.1 Å². The maximum absolute atomic E-state index is 14.4. The molecule has 3 N–H and O–H groups in total. The van der Waals surface area contributed by atoms with Crippen LogP contribution in [0.25, 0.3) is 11.0 Å². The molecular formula is C22H26ClFN4O3. The second-order valence-corrected chi connectivity index (χ2v) is 8.33. The van der Waals surface area contributed by atoms with E-state index in [4.69, 9.17) is 4.74 Å². The van der Waals surface area contributed by atoms with Crippen molar-refractivity contribution in [1.29, 1.82) is 0 Å². The predicted molar refractivity (Wildman–Crippen MR) is 116 cm³/mol. The van der Waals surface area contributed by atoms with Crippen LogP contribution in [-0.4, -0.2) is 49.6 Å². The molecule has 0 bridgehead atoms. The van der Waals surface area contributed by atoms with Crippen LogP contribution >= 0.6 is 12.4 Å². The van der Waals surface area contributed by atoms with Gasteiger partial charge in [-0.3, -0.25) is 0 Å². The van der Waals surface area contributed by atoms with Gasteiger partial charge in [-0.2, -0.15) is 0 Å². The van der Waals surface area contributed by atoms with Crippen LogP contribution in [0.15, 0.2) is 30.7 Å². The van der Waals surface area contributed by atoms with Crippen molar-refractivity contribution in [2.24, 2.45) is 0 Å². The van der Waals surface area contributed by atoms with Gasteiger partial charge in [0.05, 0.1) is 11.7 Å². The van der Waals surface area contributed by atoms with Crippen LogP contribution in [0.3, 0.4) is 0 Å². The highest BCUT2D eigenvalue weighted by atomic mass is 35.5. The summed E-state index contributed by atoms with van der Waals surface area (Å²) in [5, 5.41) is 25.7. The van der Waals surface area contributed by atoms with E-state index in [1.54, 1.807) is 6.07 Å². The lowest BCUT2D eigenvalue weighted by atomic mass is 9.91. The van der Waals surface area contributed by atoms with Gasteiger partial charge in [0.25, 0.3) is 0 Å². The predicted octanol–water partition coefficient (Wildman–Crippen LogP) is 2.62. The van der Waals surface area contributed by atoms with Crippen LogP contribution < -0.4 is 10.1 Å². The summed E-state index contributed by atoms with van der Waals surface area (Å²) in [7, 11) is 0. The van der Waals surface area contributed by atoms with Gasteiger partial charge in [0.15, 0.2) is 0 Å². The smallest absolute Gasteiger partial charge is 0.143 e. The third kappa shape index (κ3) is 3.57. The maximum atomic E-state index is 14.4. The van der Waals surface area contributed by atoms with Crippen molar-refractivity contribution >= 4 is 23.4 Å². The van der Waals surface area contributed by atoms with E-state index in [1.165, 1.54) is 12.4 Å². The van der Waals surface area contributed by atoms with E-state index < -0.39 is 18.3 Å². The summed E-state index contributed by atoms with van der Waals surface area (Å²) in [6.45, 7) is 5.11. The first-order chi connectivity index (χ1) is 14.5. The van der Waals surface area contributed by atoms with Gasteiger partial charge in [-0.05, 0) is 31.0 Å². The molecule has 31 heavy (non-hydrogen) atoms. The third-order valence-electron chi connectivity index (χ3n) is 6.45. The Labute approximate surface area is 185 Å². The van der Waals surface area contributed by atoms with Gasteiger partial charge in [-0.1, -0.05) is 6.92 Å². The highest BCUT2D eigenvalue weighted by Gasteiger charge is 2.44. The summed E-state index contributed by atoms with van der Waals surface area (Å²) >= 11 is 0. The molecule has 9 heteroatoms. The molecule has 1 fully saturated rings. The molecule has 0 amide bonds. The largest absolute Gasteiger partial charge is 0.487 e. The Morgan fingerprint density at radius 3 is 2.81 bits per heavy atom. The van der Waals surface area contributed by atoms with E-state index in [1.807, 2.05) is 30.7 Å². The molecule has 166 valence electrons. The summed E-state index contributed by atoms with van der Waals surface area (Å²) < 4.78 is 22.4. The quantitative estimate of drug-likeness (QED) is 0.570. The zero-order valence-electron chi connectivity index (χ0n) is 17.3. The summed E-state index contributed by atoms with van der Waals surface area (Å²) in [5.41, 5.74) is 3.03. The molecule has 1 aliphatic carbocycles. The Hall–Kier alpha value is -2.26. The minimum atomic E-state index is -1.06. The average Bonchev–Trinajstić information content (AvgIpc) is 3.27. The highest BCUT2D eigenvalue weighted by molar-refractivity contribution is 5.85. The number of ether oxygens (including phenoxy) is 1. The van der Waals surface area contributed by atoms with Crippen molar-refractivity contribution in [2.75, 3.05) is 6.54 Å². The zero-order chi connectivity index (χ0) is 21.0. The first-order valence-electron chi connectivity index (χ1n) is 10.3. The second kappa shape index (κ2) is 8.35. The first kappa shape index (κ1) is 22.0. The number of hydrogen-bond acceptors (Lipinski definition) is 6. The van der Waals surface area contributed by atoms with Crippen molar-refractivity contribution < 1.29 is 19.3 Å². The van der Waals surface area contributed by atoms with Crippen LogP contribution in [0.5, 0.6) is 5.75 Å². The Balaban J connectivity index is 0.00000231. The van der Waals surface area contributed by atoms with E-state index >= 15 is 0 Å². The van der Waals surface area contributed by atoms with Gasteiger partial charge in [0.1, 0.15) is 41.9 Å². The molecule has 3 aromatic rings. The molecule has 1 saturated carbocycles. The number of aliphatic hydroxyl groups is 2. The molecule has 1 unspecified atom stereocenters. The van der Waals surface area contributed by atoms with Crippen molar-refractivity contribution in [3.05, 3.63) is 53.4 Å².